The monoisotopic (exact) mass is 145 g/mol. The second-order valence-corrected chi connectivity index (χ2v) is 3.12. The van der Waals surface area contributed by atoms with Crippen LogP contribution < -0.4 is 5.32 Å². The van der Waals surface area contributed by atoms with Crippen LogP contribution in [-0.4, -0.2) is 19.3 Å². The van der Waals surface area contributed by atoms with E-state index in [9.17, 15) is 4.39 Å². The molecule has 0 spiro atoms. The van der Waals surface area contributed by atoms with E-state index in [1.807, 2.05) is 0 Å². The van der Waals surface area contributed by atoms with Crippen LogP contribution in [0.5, 0.6) is 0 Å². The summed E-state index contributed by atoms with van der Waals surface area (Å²) in [6.45, 7) is 2.84. The number of alkyl halides is 1. The van der Waals surface area contributed by atoms with Crippen LogP contribution in [0.2, 0.25) is 0 Å². The van der Waals surface area contributed by atoms with Crippen molar-refractivity contribution in [3.63, 3.8) is 0 Å². The summed E-state index contributed by atoms with van der Waals surface area (Å²) >= 11 is 0. The molecule has 1 aliphatic carbocycles. The molecule has 1 fully saturated rings. The van der Waals surface area contributed by atoms with Crippen LogP contribution in [-0.2, 0) is 0 Å². The van der Waals surface area contributed by atoms with E-state index in [0.717, 1.165) is 12.5 Å². The summed E-state index contributed by atoms with van der Waals surface area (Å²) in [5.74, 6) is 0.889. The Morgan fingerprint density at radius 3 is 2.80 bits per heavy atom. The molecule has 0 aromatic heterocycles. The fourth-order valence-electron chi connectivity index (χ4n) is 1.16. The molecule has 1 atom stereocenters. The van der Waals surface area contributed by atoms with Crippen LogP contribution >= 0.6 is 0 Å². The Bertz CT molecular complexity index is 91.3. The van der Waals surface area contributed by atoms with Gasteiger partial charge in [-0.3, -0.25) is 4.39 Å². The molecule has 0 bridgehead atoms. The van der Waals surface area contributed by atoms with Gasteiger partial charge in [0.1, 0.15) is 0 Å². The minimum atomic E-state index is -0.190. The minimum absolute atomic E-state index is 0.190. The maximum Gasteiger partial charge on any atom is 0.0906 e. The molecule has 0 aromatic carbocycles. The minimum Gasteiger partial charge on any atom is -0.314 e. The average molecular weight is 145 g/mol. The number of hydrogen-bond donors (Lipinski definition) is 1. The highest BCUT2D eigenvalue weighted by atomic mass is 19.1. The SMILES string of the molecule is CC(NCCCF)C1CC1. The third-order valence-electron chi connectivity index (χ3n) is 2.11. The van der Waals surface area contributed by atoms with E-state index in [2.05, 4.69) is 12.2 Å². The molecule has 1 N–H and O–H groups in total. The van der Waals surface area contributed by atoms with E-state index in [0.29, 0.717) is 12.5 Å². The molecule has 0 heterocycles. The van der Waals surface area contributed by atoms with Crippen molar-refractivity contribution in [3.8, 4) is 0 Å². The number of hydrogen-bond acceptors (Lipinski definition) is 1. The van der Waals surface area contributed by atoms with Crippen LogP contribution in [0.15, 0.2) is 0 Å². The topological polar surface area (TPSA) is 12.0 Å². The molecule has 0 radical (unpaired) electrons. The summed E-state index contributed by atoms with van der Waals surface area (Å²) in [5.41, 5.74) is 0. The third-order valence-corrected chi connectivity index (χ3v) is 2.11. The highest BCUT2D eigenvalue weighted by Crippen LogP contribution is 2.32. The lowest BCUT2D eigenvalue weighted by atomic mass is 10.2. The van der Waals surface area contributed by atoms with Crippen LogP contribution in [0.1, 0.15) is 26.2 Å². The van der Waals surface area contributed by atoms with Crippen molar-refractivity contribution >= 4 is 0 Å². The molecule has 1 aliphatic rings. The fraction of sp³-hybridized carbons (Fsp3) is 1.00. The summed E-state index contributed by atoms with van der Waals surface area (Å²) < 4.78 is 11.6. The Morgan fingerprint density at radius 1 is 1.60 bits per heavy atom. The van der Waals surface area contributed by atoms with E-state index >= 15 is 0 Å². The van der Waals surface area contributed by atoms with E-state index < -0.39 is 0 Å². The molecule has 60 valence electrons. The Morgan fingerprint density at radius 2 is 2.30 bits per heavy atom. The van der Waals surface area contributed by atoms with Gasteiger partial charge >= 0.3 is 0 Å². The first-order chi connectivity index (χ1) is 4.84. The fourth-order valence-corrected chi connectivity index (χ4v) is 1.16. The Kier molecular flexibility index (Phi) is 3.13. The molecule has 2 heteroatoms. The molecule has 0 aromatic rings. The van der Waals surface area contributed by atoms with Gasteiger partial charge in [-0.1, -0.05) is 0 Å². The van der Waals surface area contributed by atoms with Gasteiger partial charge in [-0.2, -0.15) is 0 Å². The Balaban J connectivity index is 1.90. The molecular weight excluding hydrogens is 129 g/mol. The number of rotatable bonds is 5. The van der Waals surface area contributed by atoms with Crippen LogP contribution in [0, 0.1) is 5.92 Å². The van der Waals surface area contributed by atoms with Crippen LogP contribution in [0.25, 0.3) is 0 Å². The maximum absolute atomic E-state index is 11.6. The van der Waals surface area contributed by atoms with Gasteiger partial charge in [-0.25, -0.2) is 0 Å². The van der Waals surface area contributed by atoms with Gasteiger partial charge < -0.3 is 5.32 Å². The molecule has 0 aliphatic heterocycles. The van der Waals surface area contributed by atoms with Gasteiger partial charge in [-0.15, -0.1) is 0 Å². The average Bonchev–Trinajstić information content (AvgIpc) is 2.69. The lowest BCUT2D eigenvalue weighted by molar-refractivity contribution is 0.429. The standard InChI is InChI=1S/C8H16FN/c1-7(8-3-4-8)10-6-2-5-9/h7-8,10H,2-6H2,1H3. The summed E-state index contributed by atoms with van der Waals surface area (Å²) in [6.07, 6.45) is 3.39. The molecule has 1 rings (SSSR count). The zero-order valence-electron chi connectivity index (χ0n) is 6.57. The Labute approximate surface area is 62.0 Å². The van der Waals surface area contributed by atoms with E-state index in [1.54, 1.807) is 0 Å². The van der Waals surface area contributed by atoms with Crippen molar-refractivity contribution in [2.45, 2.75) is 32.2 Å². The van der Waals surface area contributed by atoms with Crippen LogP contribution in [0.3, 0.4) is 0 Å². The molecule has 1 nitrogen and oxygen atoms in total. The summed E-state index contributed by atoms with van der Waals surface area (Å²) in [6, 6.07) is 0.617. The molecular formula is C8H16FN. The van der Waals surface area contributed by atoms with Crippen LogP contribution in [0.4, 0.5) is 4.39 Å². The maximum atomic E-state index is 11.6. The lowest BCUT2D eigenvalue weighted by Crippen LogP contribution is -2.28. The van der Waals surface area contributed by atoms with E-state index in [4.69, 9.17) is 0 Å². The second kappa shape index (κ2) is 3.91. The number of nitrogens with one attached hydrogen (secondary N) is 1. The zero-order chi connectivity index (χ0) is 7.40. The summed E-state index contributed by atoms with van der Waals surface area (Å²) in [5, 5.41) is 3.31. The lowest BCUT2D eigenvalue weighted by Gasteiger charge is -2.10. The zero-order valence-corrected chi connectivity index (χ0v) is 6.57. The van der Waals surface area contributed by atoms with Gasteiger partial charge in [-0.05, 0) is 38.6 Å². The van der Waals surface area contributed by atoms with Gasteiger partial charge in [0.05, 0.1) is 6.67 Å². The van der Waals surface area contributed by atoms with Gasteiger partial charge in [0.15, 0.2) is 0 Å². The first kappa shape index (κ1) is 7.99. The summed E-state index contributed by atoms with van der Waals surface area (Å²) in [7, 11) is 0. The molecule has 0 saturated heterocycles. The highest BCUT2D eigenvalue weighted by molar-refractivity contribution is 4.82. The summed E-state index contributed by atoms with van der Waals surface area (Å²) in [4.78, 5) is 0. The first-order valence-corrected chi connectivity index (χ1v) is 4.14. The third kappa shape index (κ3) is 2.65. The van der Waals surface area contributed by atoms with E-state index in [1.165, 1.54) is 12.8 Å². The largest absolute Gasteiger partial charge is 0.314 e. The predicted octanol–water partition coefficient (Wildman–Crippen LogP) is 1.73. The Hall–Kier alpha value is -0.110. The predicted molar refractivity (Wildman–Crippen MR) is 40.8 cm³/mol. The quantitative estimate of drug-likeness (QED) is 0.581. The smallest absolute Gasteiger partial charge is 0.0906 e. The second-order valence-electron chi connectivity index (χ2n) is 3.12. The van der Waals surface area contributed by atoms with Crippen molar-refractivity contribution in [1.82, 2.24) is 5.32 Å². The molecule has 10 heavy (non-hydrogen) atoms. The van der Waals surface area contributed by atoms with Crippen molar-refractivity contribution in [1.29, 1.82) is 0 Å². The van der Waals surface area contributed by atoms with Gasteiger partial charge in [0.25, 0.3) is 0 Å². The normalized spacial score (nSPS) is 21.0. The molecule has 1 unspecified atom stereocenters. The first-order valence-electron chi connectivity index (χ1n) is 4.14. The van der Waals surface area contributed by atoms with Gasteiger partial charge in [0.2, 0.25) is 0 Å². The van der Waals surface area contributed by atoms with Crippen molar-refractivity contribution in [2.24, 2.45) is 5.92 Å². The molecule has 1 saturated carbocycles. The van der Waals surface area contributed by atoms with Gasteiger partial charge in [0, 0.05) is 6.04 Å². The van der Waals surface area contributed by atoms with Crippen molar-refractivity contribution in [3.05, 3.63) is 0 Å². The van der Waals surface area contributed by atoms with Crippen molar-refractivity contribution < 1.29 is 4.39 Å². The molecule has 0 amide bonds. The highest BCUT2D eigenvalue weighted by Gasteiger charge is 2.26. The van der Waals surface area contributed by atoms with Crippen molar-refractivity contribution in [2.75, 3.05) is 13.2 Å². The van der Waals surface area contributed by atoms with E-state index in [-0.39, 0.29) is 6.67 Å². The number of halogens is 1.